The van der Waals surface area contributed by atoms with Crippen molar-refractivity contribution in [3.05, 3.63) is 42.1 Å². The number of aromatic nitrogens is 1. The fourth-order valence-corrected chi connectivity index (χ4v) is 1.56. The molecule has 13 heavy (non-hydrogen) atoms. The Bertz CT molecular complexity index is 401. The van der Waals surface area contributed by atoms with E-state index in [0.29, 0.717) is 0 Å². The third-order valence-corrected chi connectivity index (χ3v) is 2.47. The van der Waals surface area contributed by atoms with E-state index in [0.717, 1.165) is 10.8 Å². The third-order valence-electron chi connectivity index (χ3n) is 1.82. The lowest BCUT2D eigenvalue weighted by molar-refractivity contribution is 1.39. The molecular formula is C10H9Br2N. The number of hydrogen-bond acceptors (Lipinski definition) is 1. The van der Waals surface area contributed by atoms with E-state index < -0.39 is 0 Å². The van der Waals surface area contributed by atoms with Crippen LogP contribution in [-0.2, 0) is 5.33 Å². The van der Waals surface area contributed by atoms with E-state index in [1.807, 2.05) is 18.3 Å². The lowest BCUT2D eigenvalue weighted by Gasteiger charge is -1.98. The molecule has 0 unspecified atom stereocenters. The van der Waals surface area contributed by atoms with Crippen LogP contribution in [0.3, 0.4) is 0 Å². The highest BCUT2D eigenvalue weighted by atomic mass is 79.9. The molecule has 0 bridgehead atoms. The van der Waals surface area contributed by atoms with Crippen molar-refractivity contribution in [1.82, 2.24) is 4.98 Å². The van der Waals surface area contributed by atoms with Crippen molar-refractivity contribution in [2.24, 2.45) is 0 Å². The molecule has 0 N–H and O–H groups in total. The Morgan fingerprint density at radius 3 is 2.85 bits per heavy atom. The van der Waals surface area contributed by atoms with Crippen LogP contribution in [0.4, 0.5) is 0 Å². The monoisotopic (exact) mass is 301 g/mol. The molecule has 0 spiro atoms. The van der Waals surface area contributed by atoms with Crippen molar-refractivity contribution in [3.63, 3.8) is 0 Å². The summed E-state index contributed by atoms with van der Waals surface area (Å²) in [6.07, 6.45) is 1.82. The van der Waals surface area contributed by atoms with Crippen LogP contribution in [0.2, 0.25) is 0 Å². The zero-order valence-corrected chi connectivity index (χ0v) is 10.2. The Morgan fingerprint density at radius 2 is 2.08 bits per heavy atom. The average molecular weight is 303 g/mol. The zero-order valence-electron chi connectivity index (χ0n) is 6.90. The molecule has 3 heteroatoms. The summed E-state index contributed by atoms with van der Waals surface area (Å²) < 4.78 is 0. The summed E-state index contributed by atoms with van der Waals surface area (Å²) in [5.41, 5.74) is 2.35. The molecule has 0 amide bonds. The van der Waals surface area contributed by atoms with Gasteiger partial charge in [0, 0.05) is 16.9 Å². The van der Waals surface area contributed by atoms with E-state index >= 15 is 0 Å². The lowest BCUT2D eigenvalue weighted by atomic mass is 10.1. The molecule has 1 heterocycles. The van der Waals surface area contributed by atoms with Gasteiger partial charge in [0.2, 0.25) is 0 Å². The smallest absolute Gasteiger partial charge is 0.0702 e. The van der Waals surface area contributed by atoms with Crippen molar-refractivity contribution in [2.45, 2.75) is 5.33 Å². The number of rotatable bonds is 1. The Hall–Kier alpha value is -0.410. The largest absolute Gasteiger partial charge is 0.256 e. The lowest BCUT2D eigenvalue weighted by Crippen LogP contribution is -1.80. The topological polar surface area (TPSA) is 12.9 Å². The fraction of sp³-hybridized carbons (Fsp3) is 0.100. The first-order valence-corrected chi connectivity index (χ1v) is 4.92. The van der Waals surface area contributed by atoms with E-state index in [4.69, 9.17) is 0 Å². The second-order valence-corrected chi connectivity index (χ2v) is 3.22. The van der Waals surface area contributed by atoms with Crippen LogP contribution in [0, 0.1) is 0 Å². The first kappa shape index (κ1) is 10.7. The third kappa shape index (κ3) is 2.29. The molecule has 0 atom stereocenters. The molecule has 68 valence electrons. The molecule has 0 fully saturated rings. The van der Waals surface area contributed by atoms with Crippen LogP contribution < -0.4 is 0 Å². The number of hydrogen-bond donors (Lipinski definition) is 0. The Labute approximate surface area is 96.1 Å². The fourth-order valence-electron chi connectivity index (χ4n) is 1.21. The summed E-state index contributed by atoms with van der Waals surface area (Å²) in [6.45, 7) is 0. The van der Waals surface area contributed by atoms with Gasteiger partial charge in [0.05, 0.1) is 5.52 Å². The van der Waals surface area contributed by atoms with Crippen LogP contribution in [0.1, 0.15) is 5.56 Å². The van der Waals surface area contributed by atoms with Crippen LogP contribution in [0.25, 0.3) is 10.9 Å². The van der Waals surface area contributed by atoms with Crippen LogP contribution in [0.15, 0.2) is 36.5 Å². The highest BCUT2D eigenvalue weighted by Crippen LogP contribution is 2.14. The summed E-state index contributed by atoms with van der Waals surface area (Å²) in [5, 5.41) is 2.10. The Balaban J connectivity index is 0.000000845. The van der Waals surface area contributed by atoms with Crippen LogP contribution in [-0.4, -0.2) is 4.98 Å². The van der Waals surface area contributed by atoms with E-state index in [-0.39, 0.29) is 17.0 Å². The molecular weight excluding hydrogens is 294 g/mol. The maximum absolute atomic E-state index is 4.24. The van der Waals surface area contributed by atoms with Gasteiger partial charge in [-0.15, -0.1) is 17.0 Å². The molecule has 0 aliphatic heterocycles. The minimum atomic E-state index is 0. The van der Waals surface area contributed by atoms with Crippen molar-refractivity contribution >= 4 is 43.8 Å². The number of nitrogens with zero attached hydrogens (tertiary/aromatic N) is 1. The average Bonchev–Trinajstić information content (AvgIpc) is 2.17. The van der Waals surface area contributed by atoms with E-state index in [2.05, 4.69) is 39.1 Å². The van der Waals surface area contributed by atoms with E-state index in [1.54, 1.807) is 0 Å². The van der Waals surface area contributed by atoms with Crippen molar-refractivity contribution in [3.8, 4) is 0 Å². The number of fused-ring (bicyclic) bond motifs is 1. The van der Waals surface area contributed by atoms with Crippen molar-refractivity contribution < 1.29 is 0 Å². The molecule has 2 rings (SSSR count). The van der Waals surface area contributed by atoms with E-state index in [9.17, 15) is 0 Å². The maximum Gasteiger partial charge on any atom is 0.0702 e. The molecule has 2 aromatic rings. The molecule has 0 aliphatic rings. The first-order chi connectivity index (χ1) is 5.90. The first-order valence-electron chi connectivity index (χ1n) is 3.80. The van der Waals surface area contributed by atoms with Crippen molar-refractivity contribution in [2.75, 3.05) is 0 Å². The van der Waals surface area contributed by atoms with Gasteiger partial charge in [0.1, 0.15) is 0 Å². The van der Waals surface area contributed by atoms with Gasteiger partial charge >= 0.3 is 0 Å². The minimum absolute atomic E-state index is 0. The normalized spacial score (nSPS) is 9.62. The van der Waals surface area contributed by atoms with Crippen LogP contribution in [0.5, 0.6) is 0 Å². The highest BCUT2D eigenvalue weighted by molar-refractivity contribution is 9.08. The number of benzene rings is 1. The van der Waals surface area contributed by atoms with Gasteiger partial charge in [0.25, 0.3) is 0 Å². The molecule has 1 aromatic carbocycles. The maximum atomic E-state index is 4.24. The quantitative estimate of drug-likeness (QED) is 0.732. The molecule has 0 saturated heterocycles. The molecule has 0 aliphatic carbocycles. The highest BCUT2D eigenvalue weighted by Gasteiger charge is 1.94. The second kappa shape index (κ2) is 4.72. The number of pyridine rings is 1. The summed E-state index contributed by atoms with van der Waals surface area (Å²) in [7, 11) is 0. The predicted octanol–water partition coefficient (Wildman–Crippen LogP) is 3.71. The van der Waals surface area contributed by atoms with Crippen LogP contribution >= 0.6 is 32.9 Å². The summed E-state index contributed by atoms with van der Waals surface area (Å²) >= 11 is 3.42. The van der Waals surface area contributed by atoms with E-state index in [1.165, 1.54) is 10.9 Å². The van der Waals surface area contributed by atoms with Gasteiger partial charge in [-0.1, -0.05) is 28.1 Å². The zero-order chi connectivity index (χ0) is 8.39. The van der Waals surface area contributed by atoms with Crippen molar-refractivity contribution in [1.29, 1.82) is 0 Å². The SMILES string of the molecule is Br.BrCc1ccc2ncccc2c1. The standard InChI is InChI=1S/C10H8BrN.BrH/c11-7-8-3-4-10-9(6-8)2-1-5-12-10;/h1-6H,7H2;1H. The number of halogens is 2. The van der Waals surface area contributed by atoms with Gasteiger partial charge in [-0.05, 0) is 23.8 Å². The van der Waals surface area contributed by atoms with Gasteiger partial charge in [0.15, 0.2) is 0 Å². The molecule has 1 nitrogen and oxygen atoms in total. The molecule has 0 radical (unpaired) electrons. The Kier molecular flexibility index (Phi) is 3.88. The summed E-state index contributed by atoms with van der Waals surface area (Å²) in [6, 6.07) is 10.3. The van der Waals surface area contributed by atoms with Gasteiger partial charge < -0.3 is 0 Å². The van der Waals surface area contributed by atoms with Gasteiger partial charge in [-0.25, -0.2) is 0 Å². The predicted molar refractivity (Wildman–Crippen MR) is 64.7 cm³/mol. The Morgan fingerprint density at radius 1 is 1.23 bits per heavy atom. The second-order valence-electron chi connectivity index (χ2n) is 2.66. The van der Waals surface area contributed by atoms with Gasteiger partial charge in [-0.2, -0.15) is 0 Å². The number of alkyl halides is 1. The summed E-state index contributed by atoms with van der Waals surface area (Å²) in [4.78, 5) is 4.24. The summed E-state index contributed by atoms with van der Waals surface area (Å²) in [5.74, 6) is 0. The molecule has 1 aromatic heterocycles. The minimum Gasteiger partial charge on any atom is -0.256 e. The molecule has 0 saturated carbocycles. The van der Waals surface area contributed by atoms with Gasteiger partial charge in [-0.3, -0.25) is 4.98 Å².